The van der Waals surface area contributed by atoms with E-state index >= 15 is 0 Å². The van der Waals surface area contributed by atoms with Crippen molar-refractivity contribution in [2.75, 3.05) is 39.6 Å². The van der Waals surface area contributed by atoms with Crippen LogP contribution in [0.4, 0.5) is 0 Å². The number of rotatable bonds is 59. The van der Waals surface area contributed by atoms with Gasteiger partial charge in [0, 0.05) is 25.7 Å². The molecule has 80 heavy (non-hydrogen) atoms. The maximum atomic E-state index is 12.9. The number of carbonyl (C=O) groups excluding carboxylic acids is 4. The first-order chi connectivity index (χ1) is 38.6. The molecule has 0 aliphatic heterocycles. The van der Waals surface area contributed by atoms with Crippen LogP contribution < -0.4 is 0 Å². The van der Waals surface area contributed by atoms with E-state index in [-0.39, 0.29) is 25.7 Å². The Morgan fingerprint density at radius 1 is 0.400 bits per heavy atom. The topological polar surface area (TPSA) is 237 Å². The first kappa shape index (κ1) is 77.5. The van der Waals surface area contributed by atoms with Crippen molar-refractivity contribution in [3.8, 4) is 0 Å². The largest absolute Gasteiger partial charge is 0.472 e. The molecule has 0 amide bonds. The molecule has 0 heterocycles. The van der Waals surface area contributed by atoms with Crippen molar-refractivity contribution in [3.05, 3.63) is 24.3 Å². The monoisotopic (exact) mass is 1180 g/mol. The summed E-state index contributed by atoms with van der Waals surface area (Å²) in [5, 5.41) is 10.5. The number of hydrogen-bond donors (Lipinski definition) is 3. The van der Waals surface area contributed by atoms with E-state index in [4.69, 9.17) is 37.0 Å². The number of hydrogen-bond acceptors (Lipinski definition) is 15. The first-order valence-corrected chi connectivity index (χ1v) is 34.5. The van der Waals surface area contributed by atoms with Crippen molar-refractivity contribution >= 4 is 39.5 Å². The molecule has 19 heteroatoms. The molecule has 0 aromatic heterocycles. The number of esters is 4. The zero-order chi connectivity index (χ0) is 59.2. The normalized spacial score (nSPS) is 14.8. The van der Waals surface area contributed by atoms with Crippen LogP contribution in [0.5, 0.6) is 0 Å². The van der Waals surface area contributed by atoms with Crippen molar-refractivity contribution in [1.29, 1.82) is 0 Å². The minimum atomic E-state index is -4.95. The minimum absolute atomic E-state index is 0.0839. The molecule has 0 radical (unpaired) electrons. The van der Waals surface area contributed by atoms with Crippen LogP contribution >= 0.6 is 15.6 Å². The van der Waals surface area contributed by atoms with Crippen molar-refractivity contribution in [1.82, 2.24) is 0 Å². The molecule has 17 nitrogen and oxygen atoms in total. The van der Waals surface area contributed by atoms with Gasteiger partial charge in [0.25, 0.3) is 0 Å². The lowest BCUT2D eigenvalue weighted by Crippen LogP contribution is -2.30. The first-order valence-electron chi connectivity index (χ1n) is 31.5. The predicted molar refractivity (Wildman–Crippen MR) is 317 cm³/mol. The van der Waals surface area contributed by atoms with Crippen LogP contribution in [-0.2, 0) is 65.4 Å². The molecule has 0 aliphatic carbocycles. The van der Waals surface area contributed by atoms with Crippen LogP contribution in [0, 0.1) is 5.92 Å². The number of carbonyl (C=O) groups is 4. The zero-order valence-electron chi connectivity index (χ0n) is 50.7. The highest BCUT2D eigenvalue weighted by atomic mass is 31.2. The molecule has 0 aromatic carbocycles. The standard InChI is InChI=1S/C61H114O17P2/c1-6-10-13-16-18-20-22-23-24-25-26-28-30-37-42-47-61(66)78-57(51-72-59(64)45-40-35-32-31-34-38-43-54(5)9-4)53-76-80(69,70)74-49-55(62)48-73-79(67,68)75-52-56(50-71-58(63)44-39-33-15-12-8-3)77-60(65)46-41-36-29-27-21-19-17-14-11-7-2/h20,22-24,54-57,62H,6-19,21,25-53H2,1-5H3,(H,67,68)(H,69,70)/b22-20-,24-23-/t54?,55-,56+,57+/m0/s1. The fraction of sp³-hybridized carbons (Fsp3) is 0.869. The highest BCUT2D eigenvalue weighted by molar-refractivity contribution is 7.47. The molecular formula is C61H114O17P2. The van der Waals surface area contributed by atoms with E-state index in [0.717, 1.165) is 121 Å². The molecule has 0 saturated carbocycles. The summed E-state index contributed by atoms with van der Waals surface area (Å²) in [5.74, 6) is -1.45. The van der Waals surface area contributed by atoms with Crippen molar-refractivity contribution in [2.45, 2.75) is 297 Å². The Labute approximate surface area is 484 Å². The van der Waals surface area contributed by atoms with Gasteiger partial charge in [0.2, 0.25) is 0 Å². The van der Waals surface area contributed by atoms with E-state index in [1.54, 1.807) is 0 Å². The Hall–Kier alpha value is -2.46. The molecule has 470 valence electrons. The Morgan fingerprint density at radius 3 is 1.06 bits per heavy atom. The van der Waals surface area contributed by atoms with E-state index in [1.165, 1.54) is 77.0 Å². The number of unbranched alkanes of at least 4 members (excludes halogenated alkanes) is 27. The third-order valence-corrected chi connectivity index (χ3v) is 15.7. The second kappa shape index (κ2) is 54.5. The number of allylic oxidation sites excluding steroid dienone is 4. The molecular weight excluding hydrogens is 1070 g/mol. The number of aliphatic hydroxyl groups excluding tert-OH is 1. The summed E-state index contributed by atoms with van der Waals surface area (Å²) in [4.78, 5) is 71.8. The smallest absolute Gasteiger partial charge is 0.462 e. The highest BCUT2D eigenvalue weighted by Gasteiger charge is 2.30. The third kappa shape index (κ3) is 53.5. The van der Waals surface area contributed by atoms with Gasteiger partial charge in [-0.3, -0.25) is 37.3 Å². The summed E-state index contributed by atoms with van der Waals surface area (Å²) >= 11 is 0. The Morgan fingerprint density at radius 2 is 0.700 bits per heavy atom. The predicted octanol–water partition coefficient (Wildman–Crippen LogP) is 16.2. The molecule has 3 N–H and O–H groups in total. The van der Waals surface area contributed by atoms with Gasteiger partial charge in [0.05, 0.1) is 26.4 Å². The summed E-state index contributed by atoms with van der Waals surface area (Å²) in [5.41, 5.74) is 0. The quantitative estimate of drug-likeness (QED) is 0.0169. The summed E-state index contributed by atoms with van der Waals surface area (Å²) in [7, 11) is -9.88. The Bertz CT molecular complexity index is 1660. The lowest BCUT2D eigenvalue weighted by molar-refractivity contribution is -0.161. The van der Waals surface area contributed by atoms with Gasteiger partial charge in [-0.25, -0.2) is 9.13 Å². The Balaban J connectivity index is 5.22. The molecule has 3 unspecified atom stereocenters. The van der Waals surface area contributed by atoms with Crippen molar-refractivity contribution in [3.63, 3.8) is 0 Å². The lowest BCUT2D eigenvalue weighted by atomic mass is 10.00. The summed E-state index contributed by atoms with van der Waals surface area (Å²) in [6.07, 6.45) is 40.1. The molecule has 0 rings (SSSR count). The van der Waals surface area contributed by atoms with Gasteiger partial charge in [0.1, 0.15) is 19.3 Å². The lowest BCUT2D eigenvalue weighted by Gasteiger charge is -2.21. The number of ether oxygens (including phenoxy) is 4. The van der Waals surface area contributed by atoms with Crippen LogP contribution in [0.1, 0.15) is 279 Å². The SMILES string of the molecule is CCCCCC/C=C\C=C/CCCCCCCC(=O)O[C@H](COC(=O)CCCCCCCCC(C)CC)COP(=O)(O)OC[C@@H](O)COP(=O)(O)OC[C@@H](COC(=O)CCCCCCC)OC(=O)CCCCCCCCCCCC. The third-order valence-electron chi connectivity index (χ3n) is 13.8. The average Bonchev–Trinajstić information content (AvgIpc) is 3.43. The zero-order valence-corrected chi connectivity index (χ0v) is 52.5. The molecule has 0 bridgehead atoms. The molecule has 0 aliphatic rings. The van der Waals surface area contributed by atoms with Gasteiger partial charge < -0.3 is 33.8 Å². The molecule has 0 saturated heterocycles. The molecule has 6 atom stereocenters. The molecule has 0 aromatic rings. The van der Waals surface area contributed by atoms with E-state index in [9.17, 15) is 43.2 Å². The van der Waals surface area contributed by atoms with E-state index in [1.807, 2.05) is 0 Å². The van der Waals surface area contributed by atoms with Crippen LogP contribution in [0.15, 0.2) is 24.3 Å². The van der Waals surface area contributed by atoms with Crippen LogP contribution in [0.25, 0.3) is 0 Å². The van der Waals surface area contributed by atoms with Crippen molar-refractivity contribution in [2.24, 2.45) is 5.92 Å². The second-order valence-electron chi connectivity index (χ2n) is 21.6. The minimum Gasteiger partial charge on any atom is -0.462 e. The Kier molecular flexibility index (Phi) is 52.8. The van der Waals surface area contributed by atoms with Gasteiger partial charge in [-0.15, -0.1) is 0 Å². The number of phosphoric acid groups is 2. The average molecular weight is 1180 g/mol. The van der Waals surface area contributed by atoms with Crippen molar-refractivity contribution < 1.29 is 80.2 Å². The van der Waals surface area contributed by atoms with E-state index < -0.39 is 97.5 Å². The summed E-state index contributed by atoms with van der Waals surface area (Å²) < 4.78 is 67.6. The fourth-order valence-electron chi connectivity index (χ4n) is 8.48. The van der Waals surface area contributed by atoms with Crippen LogP contribution in [0.2, 0.25) is 0 Å². The van der Waals surface area contributed by atoms with Crippen LogP contribution in [-0.4, -0.2) is 96.7 Å². The van der Waals surface area contributed by atoms with Gasteiger partial charge in [-0.05, 0) is 57.3 Å². The maximum Gasteiger partial charge on any atom is 0.472 e. The molecule has 0 spiro atoms. The summed E-state index contributed by atoms with van der Waals surface area (Å²) in [6.45, 7) is 6.96. The maximum absolute atomic E-state index is 12.9. The van der Waals surface area contributed by atoms with Gasteiger partial charge in [0.15, 0.2) is 12.2 Å². The fourth-order valence-corrected chi connectivity index (χ4v) is 10.1. The highest BCUT2D eigenvalue weighted by Crippen LogP contribution is 2.45. The van der Waals surface area contributed by atoms with Crippen LogP contribution in [0.3, 0.4) is 0 Å². The number of aliphatic hydroxyl groups is 1. The summed E-state index contributed by atoms with van der Waals surface area (Å²) in [6, 6.07) is 0. The second-order valence-corrected chi connectivity index (χ2v) is 24.6. The van der Waals surface area contributed by atoms with Gasteiger partial charge >= 0.3 is 39.5 Å². The molecule has 0 fully saturated rings. The van der Waals surface area contributed by atoms with Gasteiger partial charge in [-0.2, -0.15) is 0 Å². The number of phosphoric ester groups is 2. The van der Waals surface area contributed by atoms with E-state index in [0.29, 0.717) is 25.7 Å². The van der Waals surface area contributed by atoms with Gasteiger partial charge in [-0.1, -0.05) is 226 Å². The van der Waals surface area contributed by atoms with E-state index in [2.05, 4.69) is 58.9 Å².